The highest BCUT2D eigenvalue weighted by atomic mass is 35.5. The monoisotopic (exact) mass is 235 g/mol. The van der Waals surface area contributed by atoms with E-state index in [1.165, 1.54) is 0 Å². The maximum atomic E-state index is 11.1. The van der Waals surface area contributed by atoms with E-state index in [0.717, 1.165) is 44.4 Å². The quantitative estimate of drug-likeness (QED) is 0.492. The van der Waals surface area contributed by atoms with E-state index in [1.54, 1.807) is 0 Å². The van der Waals surface area contributed by atoms with Crippen molar-refractivity contribution in [2.45, 2.75) is 45.4 Å². The molecule has 0 aromatic carbocycles. The van der Waals surface area contributed by atoms with Gasteiger partial charge in [-0.25, -0.2) is 4.79 Å². The Bertz CT molecular complexity index is 154. The number of halogens is 1. The van der Waals surface area contributed by atoms with Crippen LogP contribution < -0.4 is 5.32 Å². The van der Waals surface area contributed by atoms with Crippen LogP contribution in [0.3, 0.4) is 0 Å². The molecular weight excluding hydrogens is 214 g/mol. The fraction of sp³-hybridized carbons (Fsp3) is 0.909. The maximum Gasteiger partial charge on any atom is 0.407 e. The second-order valence-electron chi connectivity index (χ2n) is 3.52. The molecule has 0 aliphatic rings. The summed E-state index contributed by atoms with van der Waals surface area (Å²) in [6.45, 7) is 3.31. The van der Waals surface area contributed by atoms with Gasteiger partial charge in [0, 0.05) is 12.4 Å². The average molecular weight is 236 g/mol. The van der Waals surface area contributed by atoms with Gasteiger partial charge in [0.15, 0.2) is 0 Å². The van der Waals surface area contributed by atoms with E-state index >= 15 is 0 Å². The average Bonchev–Trinajstić information content (AvgIpc) is 2.23. The predicted molar refractivity (Wildman–Crippen MR) is 63.4 cm³/mol. The summed E-state index contributed by atoms with van der Waals surface area (Å²) in [5.74, 6) is 0.721. The van der Waals surface area contributed by atoms with Crippen LogP contribution in [-0.2, 0) is 4.74 Å². The molecule has 0 bridgehead atoms. The van der Waals surface area contributed by atoms with Crippen molar-refractivity contribution in [3.63, 3.8) is 0 Å². The molecule has 1 amide bonds. The maximum absolute atomic E-state index is 11.1. The highest BCUT2D eigenvalue weighted by Crippen LogP contribution is 2.01. The minimum Gasteiger partial charge on any atom is -0.450 e. The topological polar surface area (TPSA) is 38.3 Å². The van der Waals surface area contributed by atoms with Gasteiger partial charge >= 0.3 is 6.09 Å². The lowest BCUT2D eigenvalue weighted by molar-refractivity contribution is 0.144. The van der Waals surface area contributed by atoms with E-state index < -0.39 is 0 Å². The van der Waals surface area contributed by atoms with Crippen molar-refractivity contribution in [2.24, 2.45) is 0 Å². The molecule has 0 saturated carbocycles. The number of carbonyl (C=O) groups is 1. The number of rotatable bonds is 9. The summed E-state index contributed by atoms with van der Waals surface area (Å²) in [6.07, 6.45) is 5.96. The van der Waals surface area contributed by atoms with E-state index in [2.05, 4.69) is 12.2 Å². The zero-order valence-electron chi connectivity index (χ0n) is 9.56. The van der Waals surface area contributed by atoms with Crippen LogP contribution in [0.2, 0.25) is 0 Å². The van der Waals surface area contributed by atoms with Crippen molar-refractivity contribution in [1.82, 2.24) is 5.32 Å². The van der Waals surface area contributed by atoms with E-state index in [-0.39, 0.29) is 6.09 Å². The molecule has 0 aromatic rings. The van der Waals surface area contributed by atoms with Gasteiger partial charge in [-0.1, -0.05) is 26.2 Å². The van der Waals surface area contributed by atoms with Crippen molar-refractivity contribution < 1.29 is 9.53 Å². The van der Waals surface area contributed by atoms with E-state index in [0.29, 0.717) is 13.2 Å². The number of amides is 1. The molecule has 15 heavy (non-hydrogen) atoms. The molecule has 0 saturated heterocycles. The molecule has 0 atom stereocenters. The van der Waals surface area contributed by atoms with Gasteiger partial charge in [-0.3, -0.25) is 0 Å². The fourth-order valence-corrected chi connectivity index (χ4v) is 1.32. The summed E-state index contributed by atoms with van der Waals surface area (Å²) >= 11 is 5.54. The largest absolute Gasteiger partial charge is 0.450 e. The highest BCUT2D eigenvalue weighted by Gasteiger charge is 1.99. The highest BCUT2D eigenvalue weighted by molar-refractivity contribution is 6.17. The summed E-state index contributed by atoms with van der Waals surface area (Å²) in [6, 6.07) is 0. The molecule has 0 radical (unpaired) electrons. The first-order valence-corrected chi connectivity index (χ1v) is 6.31. The SMILES string of the molecule is CCCCNC(=O)OCCCCCCCl. The van der Waals surface area contributed by atoms with Crippen molar-refractivity contribution >= 4 is 17.7 Å². The normalized spacial score (nSPS) is 10.0. The van der Waals surface area contributed by atoms with Crippen LogP contribution in [0, 0.1) is 0 Å². The van der Waals surface area contributed by atoms with Crippen LogP contribution in [0.15, 0.2) is 0 Å². The van der Waals surface area contributed by atoms with Crippen LogP contribution in [0.4, 0.5) is 4.79 Å². The van der Waals surface area contributed by atoms with E-state index in [1.807, 2.05) is 0 Å². The smallest absolute Gasteiger partial charge is 0.407 e. The molecular formula is C11H22ClNO2. The number of alkyl carbamates (subject to hydrolysis) is 1. The number of hydrogen-bond acceptors (Lipinski definition) is 2. The first-order chi connectivity index (χ1) is 7.31. The van der Waals surface area contributed by atoms with Gasteiger partial charge in [0.05, 0.1) is 6.61 Å². The van der Waals surface area contributed by atoms with Crippen molar-refractivity contribution in [3.05, 3.63) is 0 Å². The van der Waals surface area contributed by atoms with Crippen LogP contribution in [-0.4, -0.2) is 25.1 Å². The molecule has 0 rings (SSSR count). The van der Waals surface area contributed by atoms with Gasteiger partial charge in [0.2, 0.25) is 0 Å². The van der Waals surface area contributed by atoms with Crippen LogP contribution in [0.25, 0.3) is 0 Å². The Morgan fingerprint density at radius 3 is 2.60 bits per heavy atom. The Kier molecular flexibility index (Phi) is 11.3. The standard InChI is InChI=1S/C11H22ClNO2/c1-2-3-9-13-11(14)15-10-7-5-4-6-8-12/h2-10H2,1H3,(H,13,14). The minimum atomic E-state index is -0.291. The number of alkyl halides is 1. The van der Waals surface area contributed by atoms with Crippen molar-refractivity contribution in [2.75, 3.05) is 19.0 Å². The Morgan fingerprint density at radius 1 is 1.20 bits per heavy atom. The number of nitrogens with one attached hydrogen (secondary N) is 1. The zero-order valence-corrected chi connectivity index (χ0v) is 10.3. The lowest BCUT2D eigenvalue weighted by Gasteiger charge is -2.05. The molecule has 0 aliphatic carbocycles. The molecule has 0 aliphatic heterocycles. The first kappa shape index (κ1) is 14.6. The number of carbonyl (C=O) groups excluding carboxylic acids is 1. The Morgan fingerprint density at radius 2 is 1.93 bits per heavy atom. The van der Waals surface area contributed by atoms with Crippen LogP contribution in [0.5, 0.6) is 0 Å². The van der Waals surface area contributed by atoms with Crippen molar-refractivity contribution in [3.8, 4) is 0 Å². The zero-order chi connectivity index (χ0) is 11.4. The summed E-state index contributed by atoms with van der Waals surface area (Å²) in [4.78, 5) is 11.1. The fourth-order valence-electron chi connectivity index (χ4n) is 1.13. The molecule has 0 heterocycles. The minimum absolute atomic E-state index is 0.291. The Balaban J connectivity index is 3.10. The Hall–Kier alpha value is -0.440. The Labute approximate surface area is 97.5 Å². The van der Waals surface area contributed by atoms with Crippen LogP contribution in [0.1, 0.15) is 45.4 Å². The van der Waals surface area contributed by atoms with Gasteiger partial charge in [0.25, 0.3) is 0 Å². The summed E-state index contributed by atoms with van der Waals surface area (Å²) in [5.41, 5.74) is 0. The second-order valence-corrected chi connectivity index (χ2v) is 3.90. The molecule has 0 unspecified atom stereocenters. The summed E-state index contributed by atoms with van der Waals surface area (Å²) in [5, 5.41) is 2.70. The molecule has 90 valence electrons. The number of unbranched alkanes of at least 4 members (excludes halogenated alkanes) is 4. The molecule has 0 spiro atoms. The molecule has 3 nitrogen and oxygen atoms in total. The third-order valence-electron chi connectivity index (χ3n) is 2.06. The van der Waals surface area contributed by atoms with Crippen molar-refractivity contribution in [1.29, 1.82) is 0 Å². The second kappa shape index (κ2) is 11.6. The van der Waals surface area contributed by atoms with Gasteiger partial charge < -0.3 is 10.1 Å². The molecule has 4 heteroatoms. The lowest BCUT2D eigenvalue weighted by atomic mass is 10.2. The van der Waals surface area contributed by atoms with Gasteiger partial charge in [-0.05, 0) is 19.3 Å². The lowest BCUT2D eigenvalue weighted by Crippen LogP contribution is -2.25. The van der Waals surface area contributed by atoms with Crippen LogP contribution >= 0.6 is 11.6 Å². The predicted octanol–water partition coefficient (Wildman–Crippen LogP) is 3.31. The number of ether oxygens (including phenoxy) is 1. The third kappa shape index (κ3) is 11.5. The molecule has 0 fully saturated rings. The number of hydrogen-bond donors (Lipinski definition) is 1. The molecule has 1 N–H and O–H groups in total. The summed E-state index contributed by atoms with van der Waals surface area (Å²) in [7, 11) is 0. The van der Waals surface area contributed by atoms with Gasteiger partial charge in [-0.2, -0.15) is 0 Å². The third-order valence-corrected chi connectivity index (χ3v) is 2.33. The molecule has 0 aromatic heterocycles. The van der Waals surface area contributed by atoms with Gasteiger partial charge in [0.1, 0.15) is 0 Å². The van der Waals surface area contributed by atoms with Gasteiger partial charge in [-0.15, -0.1) is 11.6 Å². The first-order valence-electron chi connectivity index (χ1n) is 5.77. The summed E-state index contributed by atoms with van der Waals surface area (Å²) < 4.78 is 4.99. The van der Waals surface area contributed by atoms with E-state index in [9.17, 15) is 4.79 Å². The van der Waals surface area contributed by atoms with E-state index in [4.69, 9.17) is 16.3 Å².